The fourth-order valence-corrected chi connectivity index (χ4v) is 2.59. The van der Waals surface area contributed by atoms with Crippen LogP contribution in [0.1, 0.15) is 5.69 Å². The van der Waals surface area contributed by atoms with E-state index >= 15 is 0 Å². The van der Waals surface area contributed by atoms with Crippen LogP contribution in [0, 0.1) is 6.92 Å². The van der Waals surface area contributed by atoms with Gasteiger partial charge in [0.05, 0.1) is 21.5 Å². The lowest BCUT2D eigenvalue weighted by atomic mass is 10.1. The van der Waals surface area contributed by atoms with Gasteiger partial charge in [0.1, 0.15) is 0 Å². The molecule has 3 rings (SSSR count). The van der Waals surface area contributed by atoms with E-state index in [1.54, 1.807) is 0 Å². The third-order valence-corrected chi connectivity index (χ3v) is 3.98. The molecule has 3 aromatic rings. The van der Waals surface area contributed by atoms with E-state index in [0.29, 0.717) is 0 Å². The largest absolute Gasteiger partial charge is 0.232 e. The quantitative estimate of drug-likeness (QED) is 0.675. The van der Waals surface area contributed by atoms with Gasteiger partial charge < -0.3 is 0 Å². The minimum atomic E-state index is 0.989. The first-order chi connectivity index (χ1) is 9.27. The molecule has 0 aliphatic carbocycles. The number of aryl methyl sites for hydroxylation is 1. The average molecular weight is 313 g/mol. The average Bonchev–Trinajstić information content (AvgIpc) is 2.77. The lowest BCUT2D eigenvalue weighted by Gasteiger charge is -2.08. The molecular formula is C16H13BrN2. The monoisotopic (exact) mass is 312 g/mol. The highest BCUT2D eigenvalue weighted by atomic mass is 79.9. The summed E-state index contributed by atoms with van der Waals surface area (Å²) in [7, 11) is 0. The summed E-state index contributed by atoms with van der Waals surface area (Å²) in [6, 6.07) is 20.5. The molecule has 2 nitrogen and oxygen atoms in total. The summed E-state index contributed by atoms with van der Waals surface area (Å²) in [6.45, 7) is 2.01. The molecule has 1 aromatic heterocycles. The zero-order valence-corrected chi connectivity index (χ0v) is 12.1. The molecule has 0 fully saturated rings. The smallest absolute Gasteiger partial charge is 0.0886 e. The molecule has 0 aliphatic rings. The fraction of sp³-hybridized carbons (Fsp3) is 0.0625. The van der Waals surface area contributed by atoms with E-state index < -0.39 is 0 Å². The lowest BCUT2D eigenvalue weighted by molar-refractivity contribution is 0.869. The van der Waals surface area contributed by atoms with Crippen molar-refractivity contribution in [1.82, 2.24) is 9.78 Å². The summed E-state index contributed by atoms with van der Waals surface area (Å²) in [4.78, 5) is 0. The van der Waals surface area contributed by atoms with E-state index in [-0.39, 0.29) is 0 Å². The highest BCUT2D eigenvalue weighted by Gasteiger charge is 2.15. The molecule has 0 radical (unpaired) electrons. The molecule has 0 saturated carbocycles. The van der Waals surface area contributed by atoms with E-state index in [0.717, 1.165) is 27.1 Å². The fourth-order valence-electron chi connectivity index (χ4n) is 2.11. The van der Waals surface area contributed by atoms with E-state index in [1.807, 2.05) is 48.0 Å². The molecule has 0 bridgehead atoms. The number of nitrogens with zero attached hydrogens (tertiary/aromatic N) is 2. The third kappa shape index (κ3) is 2.22. The van der Waals surface area contributed by atoms with Gasteiger partial charge in [-0.05, 0) is 35.0 Å². The van der Waals surface area contributed by atoms with Gasteiger partial charge >= 0.3 is 0 Å². The predicted octanol–water partition coefficient (Wildman–Crippen LogP) is 4.61. The highest BCUT2D eigenvalue weighted by Crippen LogP contribution is 2.32. The maximum Gasteiger partial charge on any atom is 0.0886 e. The summed E-state index contributed by atoms with van der Waals surface area (Å²) in [5, 5.41) is 4.63. The molecule has 2 aromatic carbocycles. The molecule has 19 heavy (non-hydrogen) atoms. The summed E-state index contributed by atoms with van der Waals surface area (Å²) < 4.78 is 3.02. The SMILES string of the molecule is Cc1nn(-c2ccccc2)c(-c2ccccc2)c1Br. The van der Waals surface area contributed by atoms with Crippen LogP contribution in [0.2, 0.25) is 0 Å². The van der Waals surface area contributed by atoms with Gasteiger partial charge in [-0.2, -0.15) is 5.10 Å². The summed E-state index contributed by atoms with van der Waals surface area (Å²) in [5.41, 5.74) is 4.29. The zero-order chi connectivity index (χ0) is 13.2. The minimum Gasteiger partial charge on any atom is -0.232 e. The molecule has 94 valence electrons. The van der Waals surface area contributed by atoms with Gasteiger partial charge in [-0.25, -0.2) is 4.68 Å². The van der Waals surface area contributed by atoms with Gasteiger partial charge in [0.15, 0.2) is 0 Å². The van der Waals surface area contributed by atoms with Crippen molar-refractivity contribution in [3.8, 4) is 16.9 Å². The topological polar surface area (TPSA) is 17.8 Å². The molecule has 0 saturated heterocycles. The maximum atomic E-state index is 4.63. The highest BCUT2D eigenvalue weighted by molar-refractivity contribution is 9.10. The Kier molecular flexibility index (Phi) is 3.22. The standard InChI is InChI=1S/C16H13BrN2/c1-12-15(17)16(13-8-4-2-5-9-13)19(18-12)14-10-6-3-7-11-14/h2-11H,1H3. The first-order valence-electron chi connectivity index (χ1n) is 6.13. The van der Waals surface area contributed by atoms with Crippen LogP contribution in [0.4, 0.5) is 0 Å². The second-order valence-electron chi connectivity index (χ2n) is 4.36. The summed E-state index contributed by atoms with van der Waals surface area (Å²) >= 11 is 3.65. The predicted molar refractivity (Wildman–Crippen MR) is 81.4 cm³/mol. The maximum absolute atomic E-state index is 4.63. The van der Waals surface area contributed by atoms with Crippen molar-refractivity contribution in [1.29, 1.82) is 0 Å². The lowest BCUT2D eigenvalue weighted by Crippen LogP contribution is -1.98. The van der Waals surface area contributed by atoms with Gasteiger partial charge in [-0.15, -0.1) is 0 Å². The van der Waals surface area contributed by atoms with Crippen LogP contribution in [0.3, 0.4) is 0 Å². The summed E-state index contributed by atoms with van der Waals surface area (Å²) in [6.07, 6.45) is 0. The third-order valence-electron chi connectivity index (χ3n) is 3.04. The van der Waals surface area contributed by atoms with Gasteiger partial charge in [-0.1, -0.05) is 48.5 Å². The Morgan fingerprint density at radius 3 is 2.11 bits per heavy atom. The number of para-hydroxylation sites is 1. The van der Waals surface area contributed by atoms with Crippen LogP contribution in [-0.2, 0) is 0 Å². The number of halogens is 1. The minimum absolute atomic E-state index is 0.989. The Bertz CT molecular complexity index is 688. The van der Waals surface area contributed by atoms with Crippen molar-refractivity contribution in [3.05, 3.63) is 70.8 Å². The molecule has 0 atom stereocenters. The van der Waals surface area contributed by atoms with Crippen LogP contribution >= 0.6 is 15.9 Å². The second-order valence-corrected chi connectivity index (χ2v) is 5.15. The van der Waals surface area contributed by atoms with Crippen LogP contribution in [-0.4, -0.2) is 9.78 Å². The Labute approximate surface area is 120 Å². The number of hydrogen-bond donors (Lipinski definition) is 0. The number of hydrogen-bond acceptors (Lipinski definition) is 1. The van der Waals surface area contributed by atoms with Gasteiger partial charge in [0, 0.05) is 5.56 Å². The molecular weight excluding hydrogens is 300 g/mol. The van der Waals surface area contributed by atoms with Crippen LogP contribution in [0.5, 0.6) is 0 Å². The van der Waals surface area contributed by atoms with Gasteiger partial charge in [0.25, 0.3) is 0 Å². The number of rotatable bonds is 2. The molecule has 0 aliphatic heterocycles. The first kappa shape index (κ1) is 12.2. The van der Waals surface area contributed by atoms with Crippen LogP contribution < -0.4 is 0 Å². The van der Waals surface area contributed by atoms with Gasteiger partial charge in [-0.3, -0.25) is 0 Å². The van der Waals surface area contributed by atoms with Crippen molar-refractivity contribution in [2.45, 2.75) is 6.92 Å². The van der Waals surface area contributed by atoms with Crippen LogP contribution in [0.15, 0.2) is 65.1 Å². The molecule has 0 amide bonds. The van der Waals surface area contributed by atoms with E-state index in [9.17, 15) is 0 Å². The van der Waals surface area contributed by atoms with Crippen molar-refractivity contribution in [2.75, 3.05) is 0 Å². The van der Waals surface area contributed by atoms with Crippen molar-refractivity contribution >= 4 is 15.9 Å². The zero-order valence-electron chi connectivity index (χ0n) is 10.5. The Morgan fingerprint density at radius 1 is 0.895 bits per heavy atom. The van der Waals surface area contributed by atoms with Crippen LogP contribution in [0.25, 0.3) is 16.9 Å². The Balaban J connectivity index is 2.25. The van der Waals surface area contributed by atoms with Crippen molar-refractivity contribution in [3.63, 3.8) is 0 Å². The summed E-state index contributed by atoms with van der Waals surface area (Å²) in [5.74, 6) is 0. The van der Waals surface area contributed by atoms with Gasteiger partial charge in [0.2, 0.25) is 0 Å². The van der Waals surface area contributed by atoms with E-state index in [2.05, 4.69) is 45.3 Å². The molecule has 0 unspecified atom stereocenters. The number of benzene rings is 2. The molecule has 3 heteroatoms. The van der Waals surface area contributed by atoms with Crippen molar-refractivity contribution < 1.29 is 0 Å². The molecule has 0 N–H and O–H groups in total. The molecule has 1 heterocycles. The van der Waals surface area contributed by atoms with Crippen molar-refractivity contribution in [2.24, 2.45) is 0 Å². The Morgan fingerprint density at radius 2 is 1.47 bits per heavy atom. The second kappa shape index (κ2) is 5.02. The van der Waals surface area contributed by atoms with E-state index in [1.165, 1.54) is 0 Å². The molecule has 0 spiro atoms. The Hall–Kier alpha value is -1.87. The number of aromatic nitrogens is 2. The normalized spacial score (nSPS) is 10.6. The van der Waals surface area contributed by atoms with E-state index in [4.69, 9.17) is 0 Å². The first-order valence-corrected chi connectivity index (χ1v) is 6.92.